The number of aliphatic carboxylic acids is 1. The van der Waals surface area contributed by atoms with Crippen LogP contribution in [0.4, 0.5) is 0 Å². The van der Waals surface area contributed by atoms with Gasteiger partial charge in [-0.25, -0.2) is 4.79 Å². The van der Waals surface area contributed by atoms with Gasteiger partial charge in [-0.1, -0.05) is 78.3 Å². The second-order valence-corrected chi connectivity index (χ2v) is 16.8. The zero-order chi connectivity index (χ0) is 29.6. The van der Waals surface area contributed by atoms with Gasteiger partial charge < -0.3 is 9.84 Å². The Morgan fingerprint density at radius 2 is 1.41 bits per heavy atom. The van der Waals surface area contributed by atoms with E-state index in [4.69, 9.17) is 4.74 Å². The lowest BCUT2D eigenvalue weighted by molar-refractivity contribution is -0.190. The molecule has 0 aliphatic heterocycles. The summed E-state index contributed by atoms with van der Waals surface area (Å²) in [6.45, 7) is 16.9. The average molecular weight is 561 g/mol. The maximum Gasteiger partial charge on any atom is 0.338 e. The summed E-state index contributed by atoms with van der Waals surface area (Å²) in [5.41, 5.74) is 1.90. The molecule has 0 spiro atoms. The van der Waals surface area contributed by atoms with Crippen molar-refractivity contribution < 1.29 is 19.4 Å². The summed E-state index contributed by atoms with van der Waals surface area (Å²) in [6.07, 6.45) is 12.4. The van der Waals surface area contributed by atoms with E-state index in [9.17, 15) is 14.7 Å². The van der Waals surface area contributed by atoms with E-state index >= 15 is 0 Å². The first kappa shape index (κ1) is 29.0. The van der Waals surface area contributed by atoms with Gasteiger partial charge in [0.25, 0.3) is 0 Å². The zero-order valence-electron chi connectivity index (χ0n) is 26.5. The van der Waals surface area contributed by atoms with Crippen molar-refractivity contribution in [3.05, 3.63) is 47.5 Å². The predicted octanol–water partition coefficient (Wildman–Crippen LogP) is 9.10. The van der Waals surface area contributed by atoms with E-state index in [0.717, 1.165) is 57.8 Å². The fourth-order valence-corrected chi connectivity index (χ4v) is 11.8. The molecule has 0 heterocycles. The molecule has 6 rings (SSSR count). The van der Waals surface area contributed by atoms with Gasteiger partial charge in [0.1, 0.15) is 6.10 Å². The van der Waals surface area contributed by atoms with Crippen molar-refractivity contribution in [3.8, 4) is 0 Å². The Labute approximate surface area is 247 Å². The molecule has 41 heavy (non-hydrogen) atoms. The molecule has 4 fully saturated rings. The number of rotatable bonds is 3. The van der Waals surface area contributed by atoms with E-state index < -0.39 is 11.4 Å². The van der Waals surface area contributed by atoms with E-state index in [1.54, 1.807) is 5.57 Å². The highest BCUT2D eigenvalue weighted by atomic mass is 16.5. The number of carbonyl (C=O) groups excluding carboxylic acids is 1. The van der Waals surface area contributed by atoms with Gasteiger partial charge >= 0.3 is 11.9 Å². The van der Waals surface area contributed by atoms with Crippen molar-refractivity contribution in [2.75, 3.05) is 0 Å². The Morgan fingerprint density at radius 3 is 2.07 bits per heavy atom. The van der Waals surface area contributed by atoms with E-state index in [-0.39, 0.29) is 45.1 Å². The summed E-state index contributed by atoms with van der Waals surface area (Å²) in [7, 11) is 0. The van der Waals surface area contributed by atoms with E-state index in [2.05, 4.69) is 54.5 Å². The van der Waals surface area contributed by atoms with Crippen LogP contribution in [-0.4, -0.2) is 23.1 Å². The van der Waals surface area contributed by atoms with Gasteiger partial charge in [0.15, 0.2) is 0 Å². The van der Waals surface area contributed by atoms with Gasteiger partial charge in [-0.15, -0.1) is 0 Å². The highest BCUT2D eigenvalue weighted by Crippen LogP contribution is 2.75. The molecule has 5 aliphatic carbocycles. The topological polar surface area (TPSA) is 63.6 Å². The van der Waals surface area contributed by atoms with Crippen molar-refractivity contribution in [2.24, 2.45) is 50.2 Å². The predicted molar refractivity (Wildman–Crippen MR) is 162 cm³/mol. The van der Waals surface area contributed by atoms with Gasteiger partial charge in [0.05, 0.1) is 11.0 Å². The van der Waals surface area contributed by atoms with Crippen molar-refractivity contribution in [1.82, 2.24) is 0 Å². The number of carbonyl (C=O) groups is 2. The van der Waals surface area contributed by atoms with Crippen LogP contribution in [0.15, 0.2) is 42.0 Å². The maximum absolute atomic E-state index is 13.1. The van der Waals surface area contributed by atoms with Gasteiger partial charge in [0, 0.05) is 5.41 Å². The molecule has 0 unspecified atom stereocenters. The second-order valence-electron chi connectivity index (χ2n) is 16.8. The van der Waals surface area contributed by atoms with Crippen molar-refractivity contribution in [3.63, 3.8) is 0 Å². The molecule has 0 amide bonds. The molecular formula is C37H52O4. The molecule has 0 aromatic heterocycles. The highest BCUT2D eigenvalue weighted by Gasteiger charge is 2.68. The molecule has 1 aromatic rings. The average Bonchev–Trinajstić information content (AvgIpc) is 2.90. The first-order chi connectivity index (χ1) is 19.1. The standard InChI is InChI=1S/C37H52O4/c1-32(2)21-22-37(31(39)40)20-15-27-35(6)17-13-25-33(3,4)29(41-30(38)24-11-9-8-10-12-24)16-19-34(25,5)26(35)14-18-36(27,7)28(37)23-32/h8-12,15,25-26,28-29H,13-14,16-23H2,1-7H3,(H,39,40)/t25-,26+,28-,29+,34-,35+,36+,37+/m0/s1. The summed E-state index contributed by atoms with van der Waals surface area (Å²) in [5.74, 6) is 0.473. The van der Waals surface area contributed by atoms with Crippen LogP contribution < -0.4 is 0 Å². The highest BCUT2D eigenvalue weighted by molar-refractivity contribution is 5.89. The molecule has 5 aliphatic rings. The Balaban J connectivity index is 1.31. The Morgan fingerprint density at radius 1 is 0.780 bits per heavy atom. The number of carboxylic acids is 1. The summed E-state index contributed by atoms with van der Waals surface area (Å²) in [5, 5.41) is 10.6. The number of fused-ring (bicyclic) bond motifs is 7. The minimum Gasteiger partial charge on any atom is -0.481 e. The molecule has 8 atom stereocenters. The largest absolute Gasteiger partial charge is 0.481 e. The van der Waals surface area contributed by atoms with Crippen molar-refractivity contribution in [1.29, 1.82) is 0 Å². The van der Waals surface area contributed by atoms with Crippen LogP contribution in [0.1, 0.15) is 123 Å². The number of ether oxygens (including phenoxy) is 1. The van der Waals surface area contributed by atoms with Crippen LogP contribution in [0.2, 0.25) is 0 Å². The van der Waals surface area contributed by atoms with Crippen LogP contribution in [0, 0.1) is 50.2 Å². The number of esters is 1. The smallest absolute Gasteiger partial charge is 0.338 e. The SMILES string of the molecule is CC1(C)CC[C@]2(C(=O)O)CC=C3[C@]4(C)CC[C@H]5C(C)(C)[C@H](OC(=O)c6ccccc6)CC[C@]5(C)[C@H]4CC[C@@]3(C)[C@@H]2C1. The fraction of sp³-hybridized carbons (Fsp3) is 0.730. The van der Waals surface area contributed by atoms with Gasteiger partial charge in [-0.3, -0.25) is 4.79 Å². The normalized spacial score (nSPS) is 44.2. The minimum absolute atomic E-state index is 0.0549. The third-order valence-corrected chi connectivity index (χ3v) is 14.0. The van der Waals surface area contributed by atoms with Crippen LogP contribution in [0.3, 0.4) is 0 Å². The van der Waals surface area contributed by atoms with Gasteiger partial charge in [-0.2, -0.15) is 0 Å². The number of carboxylic acid groups (broad SMARTS) is 1. The quantitative estimate of drug-likeness (QED) is 0.296. The number of hydrogen-bond donors (Lipinski definition) is 1. The molecule has 4 saturated carbocycles. The monoisotopic (exact) mass is 560 g/mol. The lowest BCUT2D eigenvalue weighted by Gasteiger charge is -2.70. The van der Waals surface area contributed by atoms with E-state index in [1.807, 2.05) is 30.3 Å². The van der Waals surface area contributed by atoms with E-state index in [1.165, 1.54) is 0 Å². The number of allylic oxidation sites excluding steroid dienone is 2. The molecule has 0 saturated heterocycles. The second kappa shape index (κ2) is 9.20. The van der Waals surface area contributed by atoms with Crippen LogP contribution in [0.25, 0.3) is 0 Å². The van der Waals surface area contributed by atoms with Gasteiger partial charge in [-0.05, 0) is 116 Å². The Bertz CT molecular complexity index is 1260. The number of hydrogen-bond acceptors (Lipinski definition) is 3. The summed E-state index contributed by atoms with van der Waals surface area (Å²) < 4.78 is 6.26. The first-order valence-corrected chi connectivity index (χ1v) is 16.3. The van der Waals surface area contributed by atoms with Crippen LogP contribution in [-0.2, 0) is 9.53 Å². The molecule has 0 bridgehead atoms. The van der Waals surface area contributed by atoms with Crippen LogP contribution >= 0.6 is 0 Å². The number of benzene rings is 1. The van der Waals surface area contributed by atoms with Crippen molar-refractivity contribution >= 4 is 11.9 Å². The minimum atomic E-state index is -0.610. The zero-order valence-corrected chi connectivity index (χ0v) is 26.5. The molecule has 4 nitrogen and oxygen atoms in total. The van der Waals surface area contributed by atoms with Crippen LogP contribution in [0.5, 0.6) is 0 Å². The lowest BCUT2D eigenvalue weighted by Crippen LogP contribution is -2.64. The summed E-state index contributed by atoms with van der Waals surface area (Å²) >= 11 is 0. The molecule has 4 heteroatoms. The Kier molecular flexibility index (Phi) is 6.50. The third-order valence-electron chi connectivity index (χ3n) is 14.0. The van der Waals surface area contributed by atoms with E-state index in [0.29, 0.717) is 23.8 Å². The molecule has 224 valence electrons. The third kappa shape index (κ3) is 4.04. The van der Waals surface area contributed by atoms with Crippen molar-refractivity contribution in [2.45, 2.75) is 119 Å². The molecule has 1 aromatic carbocycles. The first-order valence-electron chi connectivity index (χ1n) is 16.3. The van der Waals surface area contributed by atoms with Gasteiger partial charge in [0.2, 0.25) is 0 Å². The fourth-order valence-electron chi connectivity index (χ4n) is 11.8. The summed E-state index contributed by atoms with van der Waals surface area (Å²) in [4.78, 5) is 26.0. The maximum atomic E-state index is 13.1. The molecule has 1 N–H and O–H groups in total. The molecular weight excluding hydrogens is 508 g/mol. The Hall–Kier alpha value is -2.10. The lowest BCUT2D eigenvalue weighted by atomic mass is 9.34. The summed E-state index contributed by atoms with van der Waals surface area (Å²) in [6, 6.07) is 9.41. The molecule has 0 radical (unpaired) electrons.